The zero-order valence-electron chi connectivity index (χ0n) is 10.9. The van der Waals surface area contributed by atoms with E-state index >= 15 is 0 Å². The standard InChI is InChI=1S/C15H18N2O/c1-3-11-4-6-12(7-5-11)14(10-16)17(2)15(18)13-8-9-13/h4-7,13-14H,3,8-9H2,1-2H3. The summed E-state index contributed by atoms with van der Waals surface area (Å²) in [6.45, 7) is 2.10. The van der Waals surface area contributed by atoms with Crippen molar-refractivity contribution in [2.45, 2.75) is 32.2 Å². The van der Waals surface area contributed by atoms with Crippen LogP contribution in [0.15, 0.2) is 24.3 Å². The van der Waals surface area contributed by atoms with Gasteiger partial charge in [-0.1, -0.05) is 31.2 Å². The molecule has 1 aromatic carbocycles. The fourth-order valence-corrected chi connectivity index (χ4v) is 2.07. The second-order valence-electron chi connectivity index (χ2n) is 4.85. The maximum Gasteiger partial charge on any atom is 0.226 e. The molecular weight excluding hydrogens is 224 g/mol. The van der Waals surface area contributed by atoms with E-state index in [2.05, 4.69) is 13.0 Å². The Labute approximate surface area is 108 Å². The van der Waals surface area contributed by atoms with E-state index < -0.39 is 6.04 Å². The lowest BCUT2D eigenvalue weighted by Crippen LogP contribution is -2.31. The Hall–Kier alpha value is -1.82. The zero-order chi connectivity index (χ0) is 13.1. The van der Waals surface area contributed by atoms with E-state index in [1.54, 1.807) is 11.9 Å². The zero-order valence-corrected chi connectivity index (χ0v) is 10.9. The summed E-state index contributed by atoms with van der Waals surface area (Å²) < 4.78 is 0. The fourth-order valence-electron chi connectivity index (χ4n) is 2.07. The minimum Gasteiger partial charge on any atom is -0.326 e. The number of nitrogens with zero attached hydrogens (tertiary/aromatic N) is 2. The quantitative estimate of drug-likeness (QED) is 0.814. The number of hydrogen-bond acceptors (Lipinski definition) is 2. The molecule has 0 bridgehead atoms. The molecule has 18 heavy (non-hydrogen) atoms. The molecule has 1 aromatic rings. The van der Waals surface area contributed by atoms with Crippen molar-refractivity contribution in [3.8, 4) is 6.07 Å². The van der Waals surface area contributed by atoms with Gasteiger partial charge in [0.15, 0.2) is 0 Å². The van der Waals surface area contributed by atoms with Gasteiger partial charge in [0.2, 0.25) is 5.91 Å². The summed E-state index contributed by atoms with van der Waals surface area (Å²) in [5.41, 5.74) is 2.14. The predicted molar refractivity (Wildman–Crippen MR) is 69.7 cm³/mol. The maximum atomic E-state index is 12.0. The number of hydrogen-bond donors (Lipinski definition) is 0. The smallest absolute Gasteiger partial charge is 0.226 e. The van der Waals surface area contributed by atoms with Gasteiger partial charge in [-0.25, -0.2) is 0 Å². The minimum absolute atomic E-state index is 0.0983. The number of aryl methyl sites for hydroxylation is 1. The third-order valence-corrected chi connectivity index (χ3v) is 3.49. The first-order valence-corrected chi connectivity index (χ1v) is 6.42. The Balaban J connectivity index is 2.16. The Morgan fingerprint density at radius 3 is 2.50 bits per heavy atom. The van der Waals surface area contributed by atoms with Crippen LogP contribution in [0, 0.1) is 17.2 Å². The molecule has 0 spiro atoms. The van der Waals surface area contributed by atoms with Crippen molar-refractivity contribution in [2.24, 2.45) is 5.92 Å². The first-order valence-electron chi connectivity index (χ1n) is 6.42. The Morgan fingerprint density at radius 2 is 2.06 bits per heavy atom. The van der Waals surface area contributed by atoms with Crippen molar-refractivity contribution in [3.63, 3.8) is 0 Å². The number of nitriles is 1. The number of benzene rings is 1. The van der Waals surface area contributed by atoms with Crippen LogP contribution in [0.5, 0.6) is 0 Å². The molecule has 1 aliphatic carbocycles. The first kappa shape index (κ1) is 12.6. The van der Waals surface area contributed by atoms with Crippen LogP contribution in [0.25, 0.3) is 0 Å². The summed E-state index contributed by atoms with van der Waals surface area (Å²) in [6, 6.07) is 9.70. The van der Waals surface area contributed by atoms with E-state index in [0.29, 0.717) is 0 Å². The molecule has 3 nitrogen and oxygen atoms in total. The largest absolute Gasteiger partial charge is 0.326 e. The number of carbonyl (C=O) groups is 1. The van der Waals surface area contributed by atoms with Crippen LogP contribution in [-0.4, -0.2) is 17.9 Å². The van der Waals surface area contributed by atoms with Crippen molar-refractivity contribution < 1.29 is 4.79 Å². The average Bonchev–Trinajstić information content (AvgIpc) is 3.23. The summed E-state index contributed by atoms with van der Waals surface area (Å²) >= 11 is 0. The SMILES string of the molecule is CCc1ccc(C(C#N)N(C)C(=O)C2CC2)cc1. The van der Waals surface area contributed by atoms with Gasteiger partial charge in [0.25, 0.3) is 0 Å². The van der Waals surface area contributed by atoms with E-state index in [9.17, 15) is 10.1 Å². The minimum atomic E-state index is -0.469. The molecule has 1 saturated carbocycles. The van der Waals surface area contributed by atoms with Crippen LogP contribution in [0.3, 0.4) is 0 Å². The van der Waals surface area contributed by atoms with Crippen LogP contribution in [0.1, 0.15) is 36.9 Å². The molecular formula is C15H18N2O. The van der Waals surface area contributed by atoms with Crippen molar-refractivity contribution in [1.82, 2.24) is 4.90 Å². The lowest BCUT2D eigenvalue weighted by atomic mass is 10.0. The van der Waals surface area contributed by atoms with Gasteiger partial charge in [-0.15, -0.1) is 0 Å². The van der Waals surface area contributed by atoms with Gasteiger partial charge in [-0.3, -0.25) is 4.79 Å². The third kappa shape index (κ3) is 2.53. The van der Waals surface area contributed by atoms with Crippen LogP contribution in [0.4, 0.5) is 0 Å². The summed E-state index contributed by atoms with van der Waals surface area (Å²) in [5.74, 6) is 0.252. The van der Waals surface area contributed by atoms with E-state index in [0.717, 1.165) is 24.8 Å². The third-order valence-electron chi connectivity index (χ3n) is 3.49. The number of amides is 1. The fraction of sp³-hybridized carbons (Fsp3) is 0.467. The Kier molecular flexibility index (Phi) is 3.66. The molecule has 0 saturated heterocycles. The van der Waals surface area contributed by atoms with Crippen LogP contribution in [-0.2, 0) is 11.2 Å². The first-order chi connectivity index (χ1) is 8.67. The Bertz CT molecular complexity index is 468. The van der Waals surface area contributed by atoms with Crippen molar-refractivity contribution in [1.29, 1.82) is 5.26 Å². The van der Waals surface area contributed by atoms with Gasteiger partial charge in [0, 0.05) is 13.0 Å². The molecule has 1 atom stereocenters. The molecule has 0 radical (unpaired) electrons. The highest BCUT2D eigenvalue weighted by Crippen LogP contribution is 2.33. The second kappa shape index (κ2) is 5.22. The highest BCUT2D eigenvalue weighted by atomic mass is 16.2. The van der Waals surface area contributed by atoms with Gasteiger partial charge in [0.1, 0.15) is 6.04 Å². The van der Waals surface area contributed by atoms with Gasteiger partial charge >= 0.3 is 0 Å². The van der Waals surface area contributed by atoms with Gasteiger partial charge in [-0.05, 0) is 30.4 Å². The molecule has 1 unspecified atom stereocenters. The monoisotopic (exact) mass is 242 g/mol. The maximum absolute atomic E-state index is 12.0. The van der Waals surface area contributed by atoms with E-state index in [1.165, 1.54) is 5.56 Å². The topological polar surface area (TPSA) is 44.1 Å². The van der Waals surface area contributed by atoms with E-state index in [4.69, 9.17) is 0 Å². The molecule has 94 valence electrons. The van der Waals surface area contributed by atoms with Gasteiger partial charge in [0.05, 0.1) is 6.07 Å². The highest BCUT2D eigenvalue weighted by Gasteiger charge is 2.34. The molecule has 1 amide bonds. The molecule has 0 heterocycles. The molecule has 3 heteroatoms. The van der Waals surface area contributed by atoms with Crippen LogP contribution >= 0.6 is 0 Å². The Morgan fingerprint density at radius 1 is 1.44 bits per heavy atom. The average molecular weight is 242 g/mol. The summed E-state index contributed by atoms with van der Waals surface area (Å²) in [5, 5.41) is 9.28. The number of carbonyl (C=O) groups excluding carboxylic acids is 1. The van der Waals surface area contributed by atoms with Crippen molar-refractivity contribution >= 4 is 5.91 Å². The molecule has 1 fully saturated rings. The summed E-state index contributed by atoms with van der Waals surface area (Å²) in [6.07, 6.45) is 2.92. The van der Waals surface area contributed by atoms with Crippen molar-refractivity contribution in [3.05, 3.63) is 35.4 Å². The predicted octanol–water partition coefficient (Wildman–Crippen LogP) is 2.68. The summed E-state index contributed by atoms with van der Waals surface area (Å²) in [7, 11) is 1.72. The number of rotatable bonds is 4. The molecule has 0 aromatic heterocycles. The van der Waals surface area contributed by atoms with Gasteiger partial charge in [-0.2, -0.15) is 5.26 Å². The normalized spacial score (nSPS) is 15.8. The molecule has 0 aliphatic heterocycles. The van der Waals surface area contributed by atoms with Gasteiger partial charge < -0.3 is 4.90 Å². The lowest BCUT2D eigenvalue weighted by Gasteiger charge is -2.23. The van der Waals surface area contributed by atoms with E-state index in [-0.39, 0.29) is 11.8 Å². The summed E-state index contributed by atoms with van der Waals surface area (Å²) in [4.78, 5) is 13.6. The molecule has 0 N–H and O–H groups in total. The van der Waals surface area contributed by atoms with Crippen molar-refractivity contribution in [2.75, 3.05) is 7.05 Å². The lowest BCUT2D eigenvalue weighted by molar-refractivity contribution is -0.132. The second-order valence-corrected chi connectivity index (χ2v) is 4.85. The van der Waals surface area contributed by atoms with E-state index in [1.807, 2.05) is 24.3 Å². The van der Waals surface area contributed by atoms with Crippen LogP contribution < -0.4 is 0 Å². The highest BCUT2D eigenvalue weighted by molar-refractivity contribution is 5.81. The van der Waals surface area contributed by atoms with Crippen LogP contribution in [0.2, 0.25) is 0 Å². The molecule has 2 rings (SSSR count). The molecule has 1 aliphatic rings.